The van der Waals surface area contributed by atoms with Gasteiger partial charge in [0.2, 0.25) is 23.4 Å². The highest BCUT2D eigenvalue weighted by Gasteiger charge is 2.38. The summed E-state index contributed by atoms with van der Waals surface area (Å²) in [5.74, 6) is -5.11. The van der Waals surface area contributed by atoms with Gasteiger partial charge in [0.05, 0.1) is 12.1 Å². The van der Waals surface area contributed by atoms with Crippen molar-refractivity contribution >= 4 is 35.2 Å². The van der Waals surface area contributed by atoms with E-state index in [0.717, 1.165) is 0 Å². The Kier molecular flexibility index (Phi) is 16.4. The first-order chi connectivity index (χ1) is 31.7. The molecule has 14 heteroatoms. The van der Waals surface area contributed by atoms with Crippen molar-refractivity contribution in [2.75, 3.05) is 0 Å². The lowest BCUT2D eigenvalue weighted by Gasteiger charge is -2.35. The molecule has 0 fully saturated rings. The predicted octanol–water partition coefficient (Wildman–Crippen LogP) is 5.72. The fraction of sp³-hybridized carbons (Fsp3) is 0.269. The van der Waals surface area contributed by atoms with Gasteiger partial charge in [-0.1, -0.05) is 149 Å². The Hall–Kier alpha value is -7.42. The Bertz CT molecular complexity index is 2400. The quantitative estimate of drug-likeness (QED) is 0.0483. The van der Waals surface area contributed by atoms with E-state index >= 15 is 0 Å². The standard InChI is InChI=1S/C52H54N4O10/c1-31(2)43(55-49(61)41-27-25-39(65-41)45(57)35-21-13-7-14-22-35)51(63)53-37(29-33-17-9-5-10-18-33)47(59)48(60)38(30-34-19-11-6-12-20-34)54-52(64)44(32(3)4)56-50(62)42-28-26-40(66-42)46(58)36-23-15-8-16-24-36/h5-28,31-32,37-38,43-44,47-48,59-60H,29-30H2,1-4H3,(H,53,63)(H,54,64)(H,55,61)(H,56,62)/t37-,38-,43-,44-,47+,48+/m0/s1. The van der Waals surface area contributed by atoms with E-state index in [2.05, 4.69) is 21.3 Å². The number of amides is 4. The largest absolute Gasteiger partial charge is 0.447 e. The first-order valence-corrected chi connectivity index (χ1v) is 21.8. The summed E-state index contributed by atoms with van der Waals surface area (Å²) in [4.78, 5) is 81.2. The summed E-state index contributed by atoms with van der Waals surface area (Å²) in [5, 5.41) is 35.3. The summed E-state index contributed by atoms with van der Waals surface area (Å²) < 4.78 is 11.2. The lowest BCUT2D eigenvalue weighted by Crippen LogP contribution is -2.61. The van der Waals surface area contributed by atoms with Crippen molar-refractivity contribution in [3.05, 3.63) is 191 Å². The van der Waals surface area contributed by atoms with Gasteiger partial charge in [-0.15, -0.1) is 0 Å². The van der Waals surface area contributed by atoms with Crippen LogP contribution >= 0.6 is 0 Å². The van der Waals surface area contributed by atoms with Gasteiger partial charge in [0.25, 0.3) is 11.8 Å². The Labute approximate surface area is 382 Å². The molecule has 2 aromatic heterocycles. The van der Waals surface area contributed by atoms with Crippen LogP contribution < -0.4 is 21.3 Å². The van der Waals surface area contributed by atoms with E-state index in [9.17, 15) is 39.0 Å². The van der Waals surface area contributed by atoms with Crippen molar-refractivity contribution in [2.45, 2.75) is 76.9 Å². The normalized spacial score (nSPS) is 14.0. The fourth-order valence-electron chi connectivity index (χ4n) is 7.39. The first kappa shape index (κ1) is 48.0. The molecular weight excluding hydrogens is 841 g/mol. The molecule has 6 N–H and O–H groups in total. The highest BCUT2D eigenvalue weighted by molar-refractivity contribution is 6.08. The lowest BCUT2D eigenvalue weighted by molar-refractivity contribution is -0.129. The number of hydrogen-bond donors (Lipinski definition) is 6. The number of carbonyl (C=O) groups excluding carboxylic acids is 6. The number of aliphatic hydroxyl groups excluding tert-OH is 2. The molecule has 0 aliphatic heterocycles. The Balaban J connectivity index is 1.20. The molecule has 6 aromatic rings. The molecule has 0 spiro atoms. The van der Waals surface area contributed by atoms with Crippen molar-refractivity contribution < 1.29 is 47.8 Å². The summed E-state index contributed by atoms with van der Waals surface area (Å²) >= 11 is 0. The van der Waals surface area contributed by atoms with Gasteiger partial charge in [-0.25, -0.2) is 0 Å². The average molecular weight is 895 g/mol. The molecule has 0 aliphatic carbocycles. The van der Waals surface area contributed by atoms with Crippen LogP contribution in [0.4, 0.5) is 0 Å². The number of carbonyl (C=O) groups is 6. The smallest absolute Gasteiger partial charge is 0.287 e. The highest BCUT2D eigenvalue weighted by atomic mass is 16.4. The third kappa shape index (κ3) is 12.4. The molecule has 0 unspecified atom stereocenters. The summed E-state index contributed by atoms with van der Waals surface area (Å²) in [6.45, 7) is 6.88. The first-order valence-electron chi connectivity index (χ1n) is 21.8. The van der Waals surface area contributed by atoms with Gasteiger partial charge < -0.3 is 40.3 Å². The van der Waals surface area contributed by atoms with E-state index < -0.39 is 83.4 Å². The maximum absolute atomic E-state index is 14.2. The Morgan fingerprint density at radius 3 is 1.05 bits per heavy atom. The molecule has 6 atom stereocenters. The van der Waals surface area contributed by atoms with Crippen molar-refractivity contribution in [1.82, 2.24) is 21.3 Å². The van der Waals surface area contributed by atoms with Gasteiger partial charge in [0.15, 0.2) is 23.0 Å². The zero-order valence-corrected chi connectivity index (χ0v) is 37.0. The third-order valence-electron chi connectivity index (χ3n) is 11.1. The van der Waals surface area contributed by atoms with E-state index in [1.165, 1.54) is 24.3 Å². The number of aliphatic hydroxyl groups is 2. The van der Waals surface area contributed by atoms with Crippen LogP contribution in [0.3, 0.4) is 0 Å². The second-order valence-electron chi connectivity index (χ2n) is 16.7. The summed E-state index contributed by atoms with van der Waals surface area (Å²) in [6.07, 6.45) is -3.30. The molecule has 4 amide bonds. The molecule has 0 aliphatic rings. The molecule has 6 rings (SSSR count). The van der Waals surface area contributed by atoms with E-state index in [1.54, 1.807) is 137 Å². The van der Waals surface area contributed by atoms with E-state index in [1.807, 2.05) is 12.1 Å². The maximum atomic E-state index is 14.2. The van der Waals surface area contributed by atoms with Crippen LogP contribution in [-0.2, 0) is 22.4 Å². The maximum Gasteiger partial charge on any atom is 0.287 e. The van der Waals surface area contributed by atoms with Crippen LogP contribution in [0.15, 0.2) is 154 Å². The summed E-state index contributed by atoms with van der Waals surface area (Å²) in [5.41, 5.74) is 2.17. The molecule has 0 bridgehead atoms. The van der Waals surface area contributed by atoms with E-state index in [4.69, 9.17) is 8.83 Å². The number of benzene rings is 4. The molecule has 4 aromatic carbocycles. The van der Waals surface area contributed by atoms with Crippen molar-refractivity contribution in [2.24, 2.45) is 11.8 Å². The second kappa shape index (κ2) is 22.5. The molecule has 14 nitrogen and oxygen atoms in total. The second-order valence-corrected chi connectivity index (χ2v) is 16.7. The Morgan fingerprint density at radius 1 is 0.424 bits per heavy atom. The number of furan rings is 2. The van der Waals surface area contributed by atoms with Crippen LogP contribution in [-0.4, -0.2) is 81.8 Å². The van der Waals surface area contributed by atoms with Crippen LogP contribution in [0.5, 0.6) is 0 Å². The number of ketones is 2. The molecule has 0 radical (unpaired) electrons. The molecule has 0 saturated heterocycles. The topological polar surface area (TPSA) is 217 Å². The van der Waals surface area contributed by atoms with Crippen LogP contribution in [0.1, 0.15) is 92.2 Å². The number of hydrogen-bond acceptors (Lipinski definition) is 10. The fourth-order valence-corrected chi connectivity index (χ4v) is 7.39. The minimum Gasteiger partial charge on any atom is -0.447 e. The molecular formula is C52H54N4O10. The van der Waals surface area contributed by atoms with Gasteiger partial charge in [-0.3, -0.25) is 28.8 Å². The summed E-state index contributed by atoms with van der Waals surface area (Å²) in [6, 6.07) is 35.6. The van der Waals surface area contributed by atoms with Crippen LogP contribution in [0.2, 0.25) is 0 Å². The van der Waals surface area contributed by atoms with Crippen molar-refractivity contribution in [1.29, 1.82) is 0 Å². The summed E-state index contributed by atoms with van der Waals surface area (Å²) in [7, 11) is 0. The monoisotopic (exact) mass is 894 g/mol. The minimum atomic E-state index is -1.70. The van der Waals surface area contributed by atoms with E-state index in [-0.39, 0.29) is 35.9 Å². The zero-order chi connectivity index (χ0) is 47.3. The van der Waals surface area contributed by atoms with Gasteiger partial charge in [0.1, 0.15) is 24.3 Å². The Morgan fingerprint density at radius 2 is 0.727 bits per heavy atom. The van der Waals surface area contributed by atoms with Crippen molar-refractivity contribution in [3.63, 3.8) is 0 Å². The molecule has 66 heavy (non-hydrogen) atoms. The highest BCUT2D eigenvalue weighted by Crippen LogP contribution is 2.19. The van der Waals surface area contributed by atoms with Gasteiger partial charge in [0, 0.05) is 11.1 Å². The molecule has 0 saturated carbocycles. The zero-order valence-electron chi connectivity index (χ0n) is 37.0. The van der Waals surface area contributed by atoms with Crippen LogP contribution in [0, 0.1) is 11.8 Å². The predicted molar refractivity (Wildman–Crippen MR) is 246 cm³/mol. The van der Waals surface area contributed by atoms with Gasteiger partial charge >= 0.3 is 0 Å². The van der Waals surface area contributed by atoms with Gasteiger partial charge in [-0.2, -0.15) is 0 Å². The number of rotatable bonds is 21. The third-order valence-corrected chi connectivity index (χ3v) is 11.1. The number of nitrogens with one attached hydrogen (secondary N) is 4. The van der Waals surface area contributed by atoms with Gasteiger partial charge in [-0.05, 0) is 60.1 Å². The SMILES string of the molecule is CC(C)[C@H](NC(=O)c1ccc(C(=O)c2ccccc2)o1)C(=O)N[C@@H](Cc1ccccc1)[C@@H](O)[C@H](O)[C@H](Cc1ccccc1)NC(=O)[C@@H](NC(=O)c1ccc(C(=O)c2ccccc2)o1)C(C)C. The van der Waals surface area contributed by atoms with Crippen LogP contribution in [0.25, 0.3) is 0 Å². The lowest BCUT2D eigenvalue weighted by atomic mass is 9.90. The molecule has 2 heterocycles. The average Bonchev–Trinajstić information content (AvgIpc) is 4.04. The molecule has 342 valence electrons. The van der Waals surface area contributed by atoms with E-state index in [0.29, 0.717) is 22.3 Å². The van der Waals surface area contributed by atoms with Crippen molar-refractivity contribution in [3.8, 4) is 0 Å². The minimum absolute atomic E-state index is 0.0430.